The van der Waals surface area contributed by atoms with Gasteiger partial charge in [-0.1, -0.05) is 12.1 Å². The normalized spacial score (nSPS) is 11.1. The third-order valence-corrected chi connectivity index (χ3v) is 4.91. The monoisotopic (exact) mass is 400 g/mol. The Morgan fingerprint density at radius 2 is 2.14 bits per heavy atom. The van der Waals surface area contributed by atoms with Crippen LogP contribution in [0.3, 0.4) is 0 Å². The summed E-state index contributed by atoms with van der Waals surface area (Å²) < 4.78 is 31.4. The predicted octanol–water partition coefficient (Wildman–Crippen LogP) is 4.62. The Labute approximate surface area is 162 Å². The van der Waals surface area contributed by atoms with Crippen molar-refractivity contribution < 1.29 is 18.3 Å². The number of ether oxygens (including phenoxy) is 1. The number of carbonyl (C=O) groups is 1. The molecule has 4 rings (SSSR count). The van der Waals surface area contributed by atoms with Crippen molar-refractivity contribution in [2.45, 2.75) is 13.5 Å². The molecular weight excluding hydrogens is 386 g/mol. The lowest BCUT2D eigenvalue weighted by Crippen LogP contribution is -2.14. The lowest BCUT2D eigenvalue weighted by Gasteiger charge is -2.12. The highest BCUT2D eigenvalue weighted by Crippen LogP contribution is 2.29. The third kappa shape index (κ3) is 3.44. The molecule has 3 heterocycles. The van der Waals surface area contributed by atoms with E-state index >= 15 is 0 Å². The fourth-order valence-corrected chi connectivity index (χ4v) is 3.51. The molecule has 0 atom stereocenters. The number of nitrogens with one attached hydrogen (secondary N) is 1. The Bertz CT molecular complexity index is 1140. The first-order valence-electron chi connectivity index (χ1n) is 8.26. The summed E-state index contributed by atoms with van der Waals surface area (Å²) in [6.45, 7) is -1.25. The van der Waals surface area contributed by atoms with Gasteiger partial charge >= 0.3 is 6.61 Å². The number of amides is 1. The van der Waals surface area contributed by atoms with E-state index < -0.39 is 12.5 Å². The topological polar surface area (TPSA) is 68.5 Å². The first-order valence-corrected chi connectivity index (χ1v) is 9.14. The van der Waals surface area contributed by atoms with E-state index in [0.717, 1.165) is 16.1 Å². The molecule has 0 radical (unpaired) electrons. The SMILES string of the molecule is Cc1ccc(NC(=O)c2cnn3c(-c4cccs4)ccnc23)c(OC(F)F)c1. The van der Waals surface area contributed by atoms with E-state index in [2.05, 4.69) is 20.1 Å². The van der Waals surface area contributed by atoms with E-state index in [4.69, 9.17) is 0 Å². The molecule has 9 heteroatoms. The summed E-state index contributed by atoms with van der Waals surface area (Å²) in [5.41, 5.74) is 2.27. The zero-order valence-electron chi connectivity index (χ0n) is 14.6. The number of benzene rings is 1. The maximum atomic E-state index is 12.8. The van der Waals surface area contributed by atoms with Crippen molar-refractivity contribution in [2.24, 2.45) is 0 Å². The molecule has 0 unspecified atom stereocenters. The molecule has 4 aromatic rings. The van der Waals surface area contributed by atoms with Gasteiger partial charge in [-0.05, 0) is 42.1 Å². The van der Waals surface area contributed by atoms with Crippen LogP contribution in [0.25, 0.3) is 16.2 Å². The van der Waals surface area contributed by atoms with Gasteiger partial charge in [-0.15, -0.1) is 11.3 Å². The molecule has 28 heavy (non-hydrogen) atoms. The summed E-state index contributed by atoms with van der Waals surface area (Å²) in [6.07, 6.45) is 3.00. The van der Waals surface area contributed by atoms with E-state index in [1.54, 1.807) is 35.0 Å². The van der Waals surface area contributed by atoms with Crippen molar-refractivity contribution in [3.8, 4) is 16.3 Å². The van der Waals surface area contributed by atoms with Gasteiger partial charge in [-0.2, -0.15) is 13.9 Å². The minimum atomic E-state index is -3.00. The Morgan fingerprint density at radius 3 is 2.89 bits per heavy atom. The number of rotatable bonds is 5. The van der Waals surface area contributed by atoms with Crippen molar-refractivity contribution in [1.82, 2.24) is 14.6 Å². The summed E-state index contributed by atoms with van der Waals surface area (Å²) in [7, 11) is 0. The predicted molar refractivity (Wildman–Crippen MR) is 102 cm³/mol. The van der Waals surface area contributed by atoms with Crippen molar-refractivity contribution in [1.29, 1.82) is 0 Å². The molecule has 0 bridgehead atoms. The Morgan fingerprint density at radius 1 is 1.29 bits per heavy atom. The molecule has 0 aliphatic heterocycles. The number of anilines is 1. The lowest BCUT2D eigenvalue weighted by atomic mass is 10.2. The number of fused-ring (bicyclic) bond motifs is 1. The van der Waals surface area contributed by atoms with Gasteiger partial charge in [0.15, 0.2) is 5.65 Å². The van der Waals surface area contributed by atoms with Crippen molar-refractivity contribution in [3.05, 3.63) is 65.3 Å². The van der Waals surface area contributed by atoms with Gasteiger partial charge in [0, 0.05) is 6.20 Å². The molecule has 3 aromatic heterocycles. The maximum Gasteiger partial charge on any atom is 0.387 e. The summed E-state index contributed by atoms with van der Waals surface area (Å²) in [5, 5.41) is 8.82. The van der Waals surface area contributed by atoms with Crippen LogP contribution < -0.4 is 10.1 Å². The van der Waals surface area contributed by atoms with Gasteiger partial charge in [-0.25, -0.2) is 9.50 Å². The Kier molecular flexibility index (Phi) is 4.74. The lowest BCUT2D eigenvalue weighted by molar-refractivity contribution is -0.0494. The second-order valence-corrected chi connectivity index (χ2v) is 6.88. The highest BCUT2D eigenvalue weighted by atomic mass is 32.1. The van der Waals surface area contributed by atoms with Crippen molar-refractivity contribution >= 4 is 28.6 Å². The second-order valence-electron chi connectivity index (χ2n) is 5.93. The minimum absolute atomic E-state index is 0.105. The summed E-state index contributed by atoms with van der Waals surface area (Å²) in [4.78, 5) is 18.0. The molecule has 1 N–H and O–H groups in total. The molecule has 0 fully saturated rings. The summed E-state index contributed by atoms with van der Waals surface area (Å²) >= 11 is 1.54. The molecule has 0 saturated carbocycles. The second kappa shape index (κ2) is 7.35. The fourth-order valence-electron chi connectivity index (χ4n) is 2.78. The number of thiophene rings is 1. The minimum Gasteiger partial charge on any atom is -0.433 e. The van der Waals surface area contributed by atoms with Crippen molar-refractivity contribution in [3.63, 3.8) is 0 Å². The van der Waals surface area contributed by atoms with Gasteiger partial charge in [0.1, 0.15) is 11.3 Å². The van der Waals surface area contributed by atoms with Gasteiger partial charge in [-0.3, -0.25) is 4.79 Å². The number of hydrogen-bond donors (Lipinski definition) is 1. The molecule has 142 valence electrons. The first-order chi connectivity index (χ1) is 13.5. The van der Waals surface area contributed by atoms with Crippen LogP contribution in [0.5, 0.6) is 5.75 Å². The molecule has 6 nitrogen and oxygen atoms in total. The molecular formula is C19H14F2N4O2S. The molecule has 1 amide bonds. The number of aromatic nitrogens is 3. The van der Waals surface area contributed by atoms with E-state index in [1.165, 1.54) is 18.3 Å². The van der Waals surface area contributed by atoms with E-state index in [0.29, 0.717) is 5.65 Å². The molecule has 0 aliphatic rings. The molecule has 1 aromatic carbocycles. The first kappa shape index (κ1) is 18.1. The largest absolute Gasteiger partial charge is 0.433 e. The number of carbonyl (C=O) groups excluding carboxylic acids is 1. The number of hydrogen-bond acceptors (Lipinski definition) is 5. The number of aryl methyl sites for hydroxylation is 1. The van der Waals surface area contributed by atoms with Crippen LogP contribution in [0.4, 0.5) is 14.5 Å². The Hall–Kier alpha value is -3.33. The van der Waals surface area contributed by atoms with Crippen LogP contribution in [0.2, 0.25) is 0 Å². The van der Waals surface area contributed by atoms with Crippen molar-refractivity contribution in [2.75, 3.05) is 5.32 Å². The van der Waals surface area contributed by atoms with Crippen LogP contribution in [0, 0.1) is 6.92 Å². The number of halogens is 2. The number of alkyl halides is 2. The quantitative estimate of drug-likeness (QED) is 0.531. The maximum absolute atomic E-state index is 12.8. The summed E-state index contributed by atoms with van der Waals surface area (Å²) in [5.74, 6) is -0.624. The van der Waals surface area contributed by atoms with Crippen LogP contribution in [0.1, 0.15) is 15.9 Å². The van der Waals surface area contributed by atoms with E-state index in [9.17, 15) is 13.6 Å². The van der Waals surface area contributed by atoms with Gasteiger partial charge in [0.05, 0.1) is 22.5 Å². The zero-order chi connectivity index (χ0) is 19.7. The fraction of sp³-hybridized carbons (Fsp3) is 0.105. The molecule has 0 aliphatic carbocycles. The average Bonchev–Trinajstić information content (AvgIpc) is 3.32. The Balaban J connectivity index is 1.68. The average molecular weight is 400 g/mol. The van der Waals surface area contributed by atoms with Crippen LogP contribution in [-0.4, -0.2) is 27.1 Å². The highest BCUT2D eigenvalue weighted by molar-refractivity contribution is 7.13. The van der Waals surface area contributed by atoms with Crippen LogP contribution in [-0.2, 0) is 0 Å². The van der Waals surface area contributed by atoms with Crippen LogP contribution in [0.15, 0.2) is 54.2 Å². The zero-order valence-corrected chi connectivity index (χ0v) is 15.4. The van der Waals surface area contributed by atoms with Gasteiger partial charge in [0.2, 0.25) is 0 Å². The molecule has 0 spiro atoms. The van der Waals surface area contributed by atoms with Gasteiger partial charge in [0.25, 0.3) is 5.91 Å². The third-order valence-electron chi connectivity index (χ3n) is 4.02. The molecule has 0 saturated heterocycles. The van der Waals surface area contributed by atoms with Gasteiger partial charge < -0.3 is 10.1 Å². The van der Waals surface area contributed by atoms with E-state index in [-0.39, 0.29) is 17.0 Å². The van der Waals surface area contributed by atoms with Crippen LogP contribution >= 0.6 is 11.3 Å². The number of nitrogens with zero attached hydrogens (tertiary/aromatic N) is 3. The standard InChI is InChI=1S/C19H14F2N4O2S/c1-11-4-5-13(15(9-11)27-19(20)21)24-18(26)12-10-23-25-14(6-7-22-17(12)25)16-3-2-8-28-16/h2-10,19H,1H3,(H,24,26). The van der Waals surface area contributed by atoms with E-state index in [1.807, 2.05) is 23.6 Å². The highest BCUT2D eigenvalue weighted by Gasteiger charge is 2.19. The summed E-state index contributed by atoms with van der Waals surface area (Å²) in [6, 6.07) is 10.3. The smallest absolute Gasteiger partial charge is 0.387 e.